The van der Waals surface area contributed by atoms with Crippen LogP contribution < -0.4 is 0 Å². The molecule has 2 aliphatic rings. The maximum Gasteiger partial charge on any atom is 0.0995 e. The standard InChI is InChI=1S/C14H16N2O2/c15-9-10-7-11(13-3-1-5-17-13)16-12(8-10)14-4-2-6-18-14/h7-8,13-14H,1-6H2. The zero-order valence-corrected chi connectivity index (χ0v) is 10.3. The van der Waals surface area contributed by atoms with Crippen LogP contribution in [0.1, 0.15) is 54.8 Å². The maximum atomic E-state index is 9.11. The number of ether oxygens (including phenoxy) is 2. The number of nitriles is 1. The topological polar surface area (TPSA) is 55.1 Å². The van der Waals surface area contributed by atoms with Gasteiger partial charge in [0.2, 0.25) is 0 Å². The Hall–Kier alpha value is -1.44. The summed E-state index contributed by atoms with van der Waals surface area (Å²) in [5, 5.41) is 9.11. The highest BCUT2D eigenvalue weighted by atomic mass is 16.5. The van der Waals surface area contributed by atoms with Crippen molar-refractivity contribution in [1.29, 1.82) is 5.26 Å². The van der Waals surface area contributed by atoms with Gasteiger partial charge in [-0.25, -0.2) is 0 Å². The summed E-state index contributed by atoms with van der Waals surface area (Å²) in [5.74, 6) is 0. The van der Waals surface area contributed by atoms with Gasteiger partial charge in [0.1, 0.15) is 0 Å². The Labute approximate surface area is 107 Å². The first-order chi connectivity index (χ1) is 8.86. The molecule has 3 heterocycles. The van der Waals surface area contributed by atoms with Crippen LogP contribution in [-0.4, -0.2) is 18.2 Å². The van der Waals surface area contributed by atoms with Crippen molar-refractivity contribution in [3.63, 3.8) is 0 Å². The molecule has 2 atom stereocenters. The van der Waals surface area contributed by atoms with Gasteiger partial charge >= 0.3 is 0 Å². The highest BCUT2D eigenvalue weighted by Gasteiger charge is 2.24. The van der Waals surface area contributed by atoms with Crippen LogP contribution >= 0.6 is 0 Å². The molecule has 2 fully saturated rings. The van der Waals surface area contributed by atoms with E-state index in [1.807, 2.05) is 12.1 Å². The molecule has 1 aromatic heterocycles. The van der Waals surface area contributed by atoms with E-state index in [9.17, 15) is 0 Å². The van der Waals surface area contributed by atoms with E-state index in [1.54, 1.807) is 0 Å². The maximum absolute atomic E-state index is 9.11. The van der Waals surface area contributed by atoms with E-state index in [0.29, 0.717) is 5.56 Å². The molecule has 1 aromatic rings. The summed E-state index contributed by atoms with van der Waals surface area (Å²) in [6, 6.07) is 5.89. The van der Waals surface area contributed by atoms with Gasteiger partial charge in [-0.1, -0.05) is 0 Å². The molecule has 0 radical (unpaired) electrons. The van der Waals surface area contributed by atoms with Crippen LogP contribution in [0.5, 0.6) is 0 Å². The van der Waals surface area contributed by atoms with Crippen molar-refractivity contribution in [2.24, 2.45) is 0 Å². The lowest BCUT2D eigenvalue weighted by Crippen LogP contribution is -2.06. The minimum Gasteiger partial charge on any atom is -0.372 e. The lowest BCUT2D eigenvalue weighted by molar-refractivity contribution is 0.100. The quantitative estimate of drug-likeness (QED) is 0.802. The van der Waals surface area contributed by atoms with Crippen molar-refractivity contribution in [3.05, 3.63) is 29.1 Å². The average Bonchev–Trinajstić information content (AvgIpc) is 3.10. The second-order valence-electron chi connectivity index (χ2n) is 4.82. The van der Waals surface area contributed by atoms with E-state index in [1.165, 1.54) is 0 Å². The lowest BCUT2D eigenvalue weighted by Gasteiger charge is -2.14. The van der Waals surface area contributed by atoms with E-state index in [2.05, 4.69) is 11.1 Å². The van der Waals surface area contributed by atoms with Gasteiger partial charge in [-0.05, 0) is 37.8 Å². The monoisotopic (exact) mass is 244 g/mol. The molecule has 0 amide bonds. The predicted molar refractivity (Wildman–Crippen MR) is 64.8 cm³/mol. The van der Waals surface area contributed by atoms with E-state index in [-0.39, 0.29) is 12.2 Å². The number of nitrogens with zero attached hydrogens (tertiary/aromatic N) is 2. The first-order valence-electron chi connectivity index (χ1n) is 6.52. The van der Waals surface area contributed by atoms with Crippen LogP contribution in [0.15, 0.2) is 12.1 Å². The Morgan fingerprint density at radius 3 is 2.00 bits per heavy atom. The van der Waals surface area contributed by atoms with Gasteiger partial charge < -0.3 is 9.47 Å². The summed E-state index contributed by atoms with van der Waals surface area (Å²) in [6.07, 6.45) is 4.23. The van der Waals surface area contributed by atoms with Gasteiger partial charge in [0, 0.05) is 13.2 Å². The Kier molecular flexibility index (Phi) is 3.26. The van der Waals surface area contributed by atoms with Gasteiger partial charge in [0.05, 0.1) is 35.2 Å². The zero-order chi connectivity index (χ0) is 12.4. The van der Waals surface area contributed by atoms with E-state index < -0.39 is 0 Å². The summed E-state index contributed by atoms with van der Waals surface area (Å²) in [5.41, 5.74) is 2.43. The highest BCUT2D eigenvalue weighted by molar-refractivity contribution is 5.34. The van der Waals surface area contributed by atoms with Crippen LogP contribution in [0.2, 0.25) is 0 Å². The summed E-state index contributed by atoms with van der Waals surface area (Å²) < 4.78 is 11.3. The van der Waals surface area contributed by atoms with Crippen molar-refractivity contribution in [1.82, 2.24) is 4.98 Å². The van der Waals surface area contributed by atoms with Crippen molar-refractivity contribution in [3.8, 4) is 6.07 Å². The Bertz CT molecular complexity index is 435. The molecule has 0 saturated carbocycles. The molecular weight excluding hydrogens is 228 g/mol. The molecule has 3 rings (SSSR count). The van der Waals surface area contributed by atoms with Crippen LogP contribution in [0.25, 0.3) is 0 Å². The number of hydrogen-bond acceptors (Lipinski definition) is 4. The third kappa shape index (κ3) is 2.24. The molecule has 0 spiro atoms. The minimum atomic E-state index is 0.0541. The molecular formula is C14H16N2O2. The van der Waals surface area contributed by atoms with Crippen molar-refractivity contribution < 1.29 is 9.47 Å². The third-order valence-electron chi connectivity index (χ3n) is 3.51. The first-order valence-corrected chi connectivity index (χ1v) is 6.52. The molecule has 4 heteroatoms. The van der Waals surface area contributed by atoms with Crippen LogP contribution in [0.4, 0.5) is 0 Å². The number of hydrogen-bond donors (Lipinski definition) is 0. The predicted octanol–water partition coefficient (Wildman–Crippen LogP) is 2.66. The van der Waals surface area contributed by atoms with Crippen LogP contribution in [0.3, 0.4) is 0 Å². The second kappa shape index (κ2) is 5.05. The summed E-state index contributed by atoms with van der Waals surface area (Å²) in [7, 11) is 0. The highest BCUT2D eigenvalue weighted by Crippen LogP contribution is 2.32. The molecule has 0 N–H and O–H groups in total. The van der Waals surface area contributed by atoms with E-state index in [4.69, 9.17) is 14.7 Å². The van der Waals surface area contributed by atoms with Gasteiger partial charge in [-0.2, -0.15) is 5.26 Å². The van der Waals surface area contributed by atoms with Gasteiger partial charge in [0.15, 0.2) is 0 Å². The fourth-order valence-corrected chi connectivity index (χ4v) is 2.59. The molecule has 18 heavy (non-hydrogen) atoms. The molecule has 2 aliphatic heterocycles. The van der Waals surface area contributed by atoms with Gasteiger partial charge in [0.25, 0.3) is 0 Å². The SMILES string of the molecule is N#Cc1cc(C2CCCO2)nc(C2CCCO2)c1. The Morgan fingerprint density at radius 2 is 1.61 bits per heavy atom. The third-order valence-corrected chi connectivity index (χ3v) is 3.51. The number of aromatic nitrogens is 1. The van der Waals surface area contributed by atoms with Crippen molar-refractivity contribution in [2.75, 3.05) is 13.2 Å². The lowest BCUT2D eigenvalue weighted by atomic mass is 10.1. The molecule has 4 nitrogen and oxygen atoms in total. The zero-order valence-electron chi connectivity index (χ0n) is 10.3. The van der Waals surface area contributed by atoms with Gasteiger partial charge in [-0.3, -0.25) is 4.98 Å². The average molecular weight is 244 g/mol. The summed E-state index contributed by atoms with van der Waals surface area (Å²) in [4.78, 5) is 4.64. The normalized spacial score (nSPS) is 27.3. The molecule has 2 unspecified atom stereocenters. The van der Waals surface area contributed by atoms with Crippen LogP contribution in [0, 0.1) is 11.3 Å². The largest absolute Gasteiger partial charge is 0.372 e. The van der Waals surface area contributed by atoms with E-state index in [0.717, 1.165) is 50.3 Å². The molecule has 94 valence electrons. The second-order valence-corrected chi connectivity index (χ2v) is 4.82. The first kappa shape index (κ1) is 11.6. The van der Waals surface area contributed by atoms with E-state index >= 15 is 0 Å². The summed E-state index contributed by atoms with van der Waals surface area (Å²) >= 11 is 0. The Balaban J connectivity index is 1.93. The summed E-state index contributed by atoms with van der Waals surface area (Å²) in [6.45, 7) is 1.58. The smallest absolute Gasteiger partial charge is 0.0995 e. The fourth-order valence-electron chi connectivity index (χ4n) is 2.59. The van der Waals surface area contributed by atoms with Crippen molar-refractivity contribution >= 4 is 0 Å². The molecule has 0 aromatic carbocycles. The Morgan fingerprint density at radius 1 is 1.06 bits per heavy atom. The fraction of sp³-hybridized carbons (Fsp3) is 0.571. The van der Waals surface area contributed by atoms with Crippen molar-refractivity contribution in [2.45, 2.75) is 37.9 Å². The minimum absolute atomic E-state index is 0.0541. The number of pyridine rings is 1. The molecule has 0 bridgehead atoms. The van der Waals surface area contributed by atoms with Gasteiger partial charge in [-0.15, -0.1) is 0 Å². The number of rotatable bonds is 2. The molecule has 0 aliphatic carbocycles. The van der Waals surface area contributed by atoms with Crippen LogP contribution in [-0.2, 0) is 9.47 Å². The molecule has 2 saturated heterocycles.